The first-order chi connectivity index (χ1) is 8.49. The molecule has 0 aromatic rings. The first-order valence-electron chi connectivity index (χ1n) is 6.80. The topological polar surface area (TPSA) is 66.5 Å². The second-order valence-electron chi connectivity index (χ2n) is 5.51. The van der Waals surface area contributed by atoms with Crippen LogP contribution < -0.4 is 4.72 Å². The monoisotopic (exact) mass is 274 g/mol. The van der Waals surface area contributed by atoms with E-state index in [9.17, 15) is 13.2 Å². The summed E-state index contributed by atoms with van der Waals surface area (Å²) in [6.07, 6.45) is 5.50. The molecule has 1 N–H and O–H groups in total. The molecule has 0 spiro atoms. The molecule has 1 saturated carbocycles. The van der Waals surface area contributed by atoms with Crippen LogP contribution in [0.3, 0.4) is 0 Å². The van der Waals surface area contributed by atoms with Crippen molar-refractivity contribution in [1.29, 1.82) is 0 Å². The van der Waals surface area contributed by atoms with Gasteiger partial charge in [0.1, 0.15) is 0 Å². The highest BCUT2D eigenvalue weighted by atomic mass is 32.2. The Morgan fingerprint density at radius 2 is 1.89 bits per heavy atom. The van der Waals surface area contributed by atoms with Crippen molar-refractivity contribution in [3.05, 3.63) is 0 Å². The van der Waals surface area contributed by atoms with Crippen LogP contribution in [0.25, 0.3) is 0 Å². The van der Waals surface area contributed by atoms with Crippen LogP contribution in [-0.2, 0) is 15.0 Å². The average molecular weight is 274 g/mol. The highest BCUT2D eigenvalue weighted by Gasteiger charge is 2.31. The molecule has 1 amide bonds. The molecule has 2 fully saturated rings. The van der Waals surface area contributed by atoms with Crippen molar-refractivity contribution in [2.24, 2.45) is 11.8 Å². The van der Waals surface area contributed by atoms with E-state index in [4.69, 9.17) is 0 Å². The lowest BCUT2D eigenvalue weighted by Crippen LogP contribution is -2.45. The summed E-state index contributed by atoms with van der Waals surface area (Å²) >= 11 is 0. The number of piperidine rings is 1. The van der Waals surface area contributed by atoms with E-state index < -0.39 is 10.2 Å². The molecule has 5 nitrogen and oxygen atoms in total. The number of hydrogen-bond donors (Lipinski definition) is 1. The molecule has 0 aromatic carbocycles. The van der Waals surface area contributed by atoms with Crippen molar-refractivity contribution < 1.29 is 13.2 Å². The maximum Gasteiger partial charge on any atom is 0.303 e. The minimum Gasteiger partial charge on any atom is -0.274 e. The molecule has 1 aliphatic carbocycles. The number of carbonyl (C=O) groups excluding carboxylic acids is 1. The largest absolute Gasteiger partial charge is 0.303 e. The summed E-state index contributed by atoms with van der Waals surface area (Å²) in [5.41, 5.74) is 0. The van der Waals surface area contributed by atoms with E-state index in [-0.39, 0.29) is 5.91 Å². The summed E-state index contributed by atoms with van der Waals surface area (Å²) in [5.74, 6) is 0.551. The highest BCUT2D eigenvalue weighted by molar-refractivity contribution is 7.87. The molecule has 1 unspecified atom stereocenters. The average Bonchev–Trinajstić information content (AvgIpc) is 3.13. The normalized spacial score (nSPS) is 23.6. The second-order valence-corrected chi connectivity index (χ2v) is 7.18. The molecular formula is C12H22N2O3S. The third kappa shape index (κ3) is 3.68. The molecular weight excluding hydrogens is 252 g/mol. The van der Waals surface area contributed by atoms with Gasteiger partial charge in [0.05, 0.1) is 0 Å². The quantitative estimate of drug-likeness (QED) is 0.821. The van der Waals surface area contributed by atoms with Crippen molar-refractivity contribution in [1.82, 2.24) is 9.03 Å². The highest BCUT2D eigenvalue weighted by Crippen LogP contribution is 2.38. The SMILES string of the molecule is CC(CC(=O)NS(=O)(=O)N1CCCCC1)C1CC1. The minimum absolute atomic E-state index is 0.293. The Bertz CT molecular complexity index is 398. The van der Waals surface area contributed by atoms with Crippen LogP contribution in [0.5, 0.6) is 0 Å². The van der Waals surface area contributed by atoms with E-state index in [0.29, 0.717) is 31.3 Å². The standard InChI is InChI=1S/C12H22N2O3S/c1-10(11-5-6-11)9-12(15)13-18(16,17)14-7-3-2-4-8-14/h10-11H,2-9H2,1H3,(H,13,15). The third-order valence-electron chi connectivity index (χ3n) is 3.83. The number of nitrogens with zero attached hydrogens (tertiary/aromatic N) is 1. The van der Waals surface area contributed by atoms with Crippen LogP contribution in [0, 0.1) is 11.8 Å². The van der Waals surface area contributed by atoms with Crippen molar-refractivity contribution in [2.45, 2.75) is 45.4 Å². The molecule has 0 radical (unpaired) electrons. The molecule has 6 heteroatoms. The fraction of sp³-hybridized carbons (Fsp3) is 0.917. The number of hydrogen-bond acceptors (Lipinski definition) is 3. The molecule has 0 bridgehead atoms. The van der Waals surface area contributed by atoms with Gasteiger partial charge >= 0.3 is 10.2 Å². The van der Waals surface area contributed by atoms with Gasteiger partial charge in [0.25, 0.3) is 0 Å². The fourth-order valence-corrected chi connectivity index (χ4v) is 3.72. The number of rotatable bonds is 5. The van der Waals surface area contributed by atoms with Gasteiger partial charge in [-0.3, -0.25) is 4.79 Å². The van der Waals surface area contributed by atoms with E-state index in [2.05, 4.69) is 4.72 Å². The Kier molecular flexibility index (Phi) is 4.27. The zero-order chi connectivity index (χ0) is 13.2. The molecule has 18 heavy (non-hydrogen) atoms. The zero-order valence-electron chi connectivity index (χ0n) is 10.9. The lowest BCUT2D eigenvalue weighted by atomic mass is 10.0. The van der Waals surface area contributed by atoms with Crippen LogP contribution in [0.15, 0.2) is 0 Å². The van der Waals surface area contributed by atoms with Gasteiger partial charge in [-0.15, -0.1) is 0 Å². The van der Waals surface area contributed by atoms with Gasteiger partial charge < -0.3 is 0 Å². The smallest absolute Gasteiger partial charge is 0.274 e. The molecule has 1 aliphatic heterocycles. The molecule has 1 atom stereocenters. The third-order valence-corrected chi connectivity index (χ3v) is 5.36. The van der Waals surface area contributed by atoms with E-state index in [0.717, 1.165) is 19.3 Å². The second kappa shape index (κ2) is 5.57. The van der Waals surface area contributed by atoms with E-state index in [1.807, 2.05) is 6.92 Å². The molecule has 1 heterocycles. The van der Waals surface area contributed by atoms with E-state index >= 15 is 0 Å². The summed E-state index contributed by atoms with van der Waals surface area (Å²) in [6, 6.07) is 0. The predicted octanol–water partition coefficient (Wildman–Crippen LogP) is 1.27. The van der Waals surface area contributed by atoms with Crippen LogP contribution in [-0.4, -0.2) is 31.7 Å². The summed E-state index contributed by atoms with van der Waals surface area (Å²) in [6.45, 7) is 3.08. The number of carbonyl (C=O) groups is 1. The van der Waals surface area contributed by atoms with Gasteiger partial charge in [-0.1, -0.05) is 13.3 Å². The van der Waals surface area contributed by atoms with E-state index in [1.54, 1.807) is 0 Å². The van der Waals surface area contributed by atoms with Crippen molar-refractivity contribution >= 4 is 16.1 Å². The summed E-state index contributed by atoms with van der Waals surface area (Å²) < 4.78 is 27.5. The predicted molar refractivity (Wildman–Crippen MR) is 69.0 cm³/mol. The van der Waals surface area contributed by atoms with Gasteiger partial charge in [-0.05, 0) is 37.5 Å². The lowest BCUT2D eigenvalue weighted by Gasteiger charge is -2.25. The number of amides is 1. The summed E-state index contributed by atoms with van der Waals surface area (Å²) in [5, 5.41) is 0. The van der Waals surface area contributed by atoms with Gasteiger partial charge in [0, 0.05) is 19.5 Å². The van der Waals surface area contributed by atoms with Crippen LogP contribution >= 0.6 is 0 Å². The Labute approximate surface area is 109 Å². The van der Waals surface area contributed by atoms with Gasteiger partial charge in [0.15, 0.2) is 0 Å². The minimum atomic E-state index is -3.60. The summed E-state index contributed by atoms with van der Waals surface area (Å²) in [4.78, 5) is 11.7. The van der Waals surface area contributed by atoms with Crippen LogP contribution in [0.2, 0.25) is 0 Å². The number of nitrogens with one attached hydrogen (secondary N) is 1. The molecule has 0 aromatic heterocycles. The Morgan fingerprint density at radius 1 is 1.28 bits per heavy atom. The van der Waals surface area contributed by atoms with Gasteiger partial charge in [0.2, 0.25) is 5.91 Å². The van der Waals surface area contributed by atoms with Crippen molar-refractivity contribution in [2.75, 3.05) is 13.1 Å². The summed E-state index contributed by atoms with van der Waals surface area (Å²) in [7, 11) is -3.60. The molecule has 104 valence electrons. The Hall–Kier alpha value is -0.620. The molecule has 2 aliphatic rings. The Balaban J connectivity index is 1.84. The molecule has 1 saturated heterocycles. The molecule has 2 rings (SSSR count). The van der Waals surface area contributed by atoms with Crippen LogP contribution in [0.1, 0.15) is 45.4 Å². The van der Waals surface area contributed by atoms with Crippen molar-refractivity contribution in [3.63, 3.8) is 0 Å². The zero-order valence-corrected chi connectivity index (χ0v) is 11.7. The van der Waals surface area contributed by atoms with Crippen molar-refractivity contribution in [3.8, 4) is 0 Å². The first kappa shape index (κ1) is 13.8. The van der Waals surface area contributed by atoms with Gasteiger partial charge in [-0.25, -0.2) is 4.72 Å². The maximum atomic E-state index is 12.0. The maximum absolute atomic E-state index is 12.0. The first-order valence-corrected chi connectivity index (χ1v) is 8.24. The van der Waals surface area contributed by atoms with Gasteiger partial charge in [-0.2, -0.15) is 12.7 Å². The van der Waals surface area contributed by atoms with Crippen LogP contribution in [0.4, 0.5) is 0 Å². The fourth-order valence-electron chi connectivity index (χ4n) is 2.48. The Morgan fingerprint density at radius 3 is 2.44 bits per heavy atom. The van der Waals surface area contributed by atoms with E-state index in [1.165, 1.54) is 17.1 Å². The lowest BCUT2D eigenvalue weighted by molar-refractivity contribution is -0.120.